The highest BCUT2D eigenvalue weighted by Gasteiger charge is 2.21. The maximum absolute atomic E-state index is 13.4. The van der Waals surface area contributed by atoms with Crippen LogP contribution in [0.2, 0.25) is 0 Å². The lowest BCUT2D eigenvalue weighted by atomic mass is 10.0. The number of nitriles is 1. The second kappa shape index (κ2) is 7.91. The Morgan fingerprint density at radius 3 is 2.44 bits per heavy atom. The highest BCUT2D eigenvalue weighted by molar-refractivity contribution is 5.95. The molecule has 0 saturated heterocycles. The van der Waals surface area contributed by atoms with Crippen LogP contribution in [-0.4, -0.2) is 24.7 Å². The van der Waals surface area contributed by atoms with Crippen LogP contribution in [0.1, 0.15) is 36.7 Å². The van der Waals surface area contributed by atoms with Crippen molar-refractivity contribution >= 4 is 5.91 Å². The van der Waals surface area contributed by atoms with Gasteiger partial charge >= 0.3 is 0 Å². The summed E-state index contributed by atoms with van der Waals surface area (Å²) in [4.78, 5) is 12.4. The zero-order valence-corrected chi connectivity index (χ0v) is 14.6. The third kappa shape index (κ3) is 4.88. The van der Waals surface area contributed by atoms with Crippen LogP contribution in [0.5, 0.6) is 0 Å². The SMILES string of the molecule is CCOCC(C)(C)NC(=O)c1ccc(-c2ccc(F)c(C#N)c2)cc1. The average Bonchev–Trinajstić information content (AvgIpc) is 2.60. The Kier molecular flexibility index (Phi) is 5.89. The van der Waals surface area contributed by atoms with Crippen molar-refractivity contribution in [1.82, 2.24) is 5.32 Å². The summed E-state index contributed by atoms with van der Waals surface area (Å²) in [7, 11) is 0. The van der Waals surface area contributed by atoms with Crippen molar-refractivity contribution < 1.29 is 13.9 Å². The fourth-order valence-electron chi connectivity index (χ4n) is 2.38. The molecule has 5 heteroatoms. The number of carbonyl (C=O) groups is 1. The number of benzene rings is 2. The summed E-state index contributed by atoms with van der Waals surface area (Å²) in [5.41, 5.74) is 1.58. The van der Waals surface area contributed by atoms with E-state index in [4.69, 9.17) is 10.00 Å². The van der Waals surface area contributed by atoms with Crippen LogP contribution in [0, 0.1) is 17.1 Å². The van der Waals surface area contributed by atoms with Crippen LogP contribution in [0.3, 0.4) is 0 Å². The summed E-state index contributed by atoms with van der Waals surface area (Å²) in [6, 6.07) is 13.2. The summed E-state index contributed by atoms with van der Waals surface area (Å²) in [5, 5.41) is 11.9. The van der Waals surface area contributed by atoms with E-state index < -0.39 is 11.4 Å². The Morgan fingerprint density at radius 2 is 1.84 bits per heavy atom. The van der Waals surface area contributed by atoms with Gasteiger partial charge in [0.25, 0.3) is 5.91 Å². The lowest BCUT2D eigenvalue weighted by molar-refractivity contribution is 0.0725. The van der Waals surface area contributed by atoms with E-state index in [-0.39, 0.29) is 11.5 Å². The van der Waals surface area contributed by atoms with Crippen molar-refractivity contribution in [2.45, 2.75) is 26.3 Å². The molecule has 2 aromatic rings. The van der Waals surface area contributed by atoms with E-state index in [1.54, 1.807) is 30.3 Å². The maximum atomic E-state index is 13.4. The van der Waals surface area contributed by atoms with Crippen molar-refractivity contribution in [3.63, 3.8) is 0 Å². The third-order valence-electron chi connectivity index (χ3n) is 3.69. The molecule has 130 valence electrons. The summed E-state index contributed by atoms with van der Waals surface area (Å²) >= 11 is 0. The first kappa shape index (κ1) is 18.6. The second-order valence-corrected chi connectivity index (χ2v) is 6.36. The molecule has 0 aliphatic carbocycles. The van der Waals surface area contributed by atoms with Crippen LogP contribution < -0.4 is 5.32 Å². The molecule has 0 aromatic heterocycles. The van der Waals surface area contributed by atoms with E-state index in [1.807, 2.05) is 26.8 Å². The first-order valence-electron chi connectivity index (χ1n) is 8.06. The second-order valence-electron chi connectivity index (χ2n) is 6.36. The van der Waals surface area contributed by atoms with Gasteiger partial charge in [0.2, 0.25) is 0 Å². The molecule has 0 aliphatic heterocycles. The number of nitrogens with one attached hydrogen (secondary N) is 1. The zero-order valence-electron chi connectivity index (χ0n) is 14.6. The standard InChI is InChI=1S/C20H21FN2O2/c1-4-25-13-20(2,3)23-19(24)15-7-5-14(6-8-15)16-9-10-18(21)17(11-16)12-22/h5-11H,4,13H2,1-3H3,(H,23,24). The van der Waals surface area contributed by atoms with Gasteiger partial charge < -0.3 is 10.1 Å². The molecule has 0 spiro atoms. The van der Waals surface area contributed by atoms with Crippen molar-refractivity contribution in [2.75, 3.05) is 13.2 Å². The largest absolute Gasteiger partial charge is 0.379 e. The molecule has 1 N–H and O–H groups in total. The van der Waals surface area contributed by atoms with E-state index in [1.165, 1.54) is 12.1 Å². The van der Waals surface area contributed by atoms with Crippen LogP contribution in [0.4, 0.5) is 4.39 Å². The van der Waals surface area contributed by atoms with Crippen molar-refractivity contribution in [1.29, 1.82) is 5.26 Å². The number of amides is 1. The zero-order chi connectivity index (χ0) is 18.4. The molecular formula is C20H21FN2O2. The highest BCUT2D eigenvalue weighted by atomic mass is 19.1. The maximum Gasteiger partial charge on any atom is 0.251 e. The van der Waals surface area contributed by atoms with E-state index in [2.05, 4.69) is 5.32 Å². The van der Waals surface area contributed by atoms with Gasteiger partial charge in [-0.1, -0.05) is 18.2 Å². The predicted molar refractivity (Wildman–Crippen MR) is 94.6 cm³/mol. The molecule has 25 heavy (non-hydrogen) atoms. The molecule has 0 unspecified atom stereocenters. The summed E-state index contributed by atoms with van der Waals surface area (Å²) < 4.78 is 18.8. The number of nitrogens with zero attached hydrogens (tertiary/aromatic N) is 1. The molecule has 1 amide bonds. The van der Waals surface area contributed by atoms with Crippen molar-refractivity contribution in [2.24, 2.45) is 0 Å². The third-order valence-corrected chi connectivity index (χ3v) is 3.69. The first-order valence-corrected chi connectivity index (χ1v) is 8.06. The summed E-state index contributed by atoms with van der Waals surface area (Å²) in [5.74, 6) is -0.730. The van der Waals surface area contributed by atoms with Crippen molar-refractivity contribution in [3.05, 3.63) is 59.4 Å². The molecule has 2 rings (SSSR count). The molecule has 4 nitrogen and oxygen atoms in total. The number of ether oxygens (including phenoxy) is 1. The average molecular weight is 340 g/mol. The summed E-state index contributed by atoms with van der Waals surface area (Å²) in [6.45, 7) is 6.73. The van der Waals surface area contributed by atoms with Gasteiger partial charge in [-0.05, 0) is 56.2 Å². The monoisotopic (exact) mass is 340 g/mol. The molecule has 0 aliphatic rings. The summed E-state index contributed by atoms with van der Waals surface area (Å²) in [6.07, 6.45) is 0. The minimum absolute atomic E-state index is 0.00278. The van der Waals surface area contributed by atoms with E-state index >= 15 is 0 Å². The number of carbonyl (C=O) groups excluding carboxylic acids is 1. The molecule has 2 aromatic carbocycles. The Balaban J connectivity index is 2.14. The van der Waals surface area contributed by atoms with Crippen molar-refractivity contribution in [3.8, 4) is 17.2 Å². The Hall–Kier alpha value is -2.71. The lowest BCUT2D eigenvalue weighted by Crippen LogP contribution is -2.47. The fraction of sp³-hybridized carbons (Fsp3) is 0.300. The lowest BCUT2D eigenvalue weighted by Gasteiger charge is -2.25. The number of hydrogen-bond donors (Lipinski definition) is 1. The smallest absolute Gasteiger partial charge is 0.251 e. The van der Waals surface area contributed by atoms with Crippen LogP contribution in [0.15, 0.2) is 42.5 Å². The van der Waals surface area contributed by atoms with Gasteiger partial charge in [0.05, 0.1) is 17.7 Å². The number of halogens is 1. The quantitative estimate of drug-likeness (QED) is 0.867. The predicted octanol–water partition coefficient (Wildman–Crippen LogP) is 3.91. The Labute approximate surface area is 147 Å². The number of rotatable bonds is 6. The van der Waals surface area contributed by atoms with Gasteiger partial charge in [0.1, 0.15) is 11.9 Å². The number of hydrogen-bond acceptors (Lipinski definition) is 3. The topological polar surface area (TPSA) is 62.1 Å². The van der Waals surface area contributed by atoms with Gasteiger partial charge in [-0.2, -0.15) is 5.26 Å². The molecule has 0 fully saturated rings. The van der Waals surface area contributed by atoms with Crippen LogP contribution in [0.25, 0.3) is 11.1 Å². The Bertz CT molecular complexity index is 792. The minimum atomic E-state index is -0.543. The molecule has 0 atom stereocenters. The van der Waals surface area contributed by atoms with Crippen LogP contribution in [-0.2, 0) is 4.74 Å². The van der Waals surface area contributed by atoms with Gasteiger partial charge in [-0.25, -0.2) is 4.39 Å². The van der Waals surface area contributed by atoms with E-state index in [9.17, 15) is 9.18 Å². The van der Waals surface area contributed by atoms with Gasteiger partial charge in [-0.3, -0.25) is 4.79 Å². The normalized spacial score (nSPS) is 11.0. The van der Waals surface area contributed by atoms with Crippen LogP contribution >= 0.6 is 0 Å². The minimum Gasteiger partial charge on any atom is -0.379 e. The van der Waals surface area contributed by atoms with Gasteiger partial charge in [0.15, 0.2) is 0 Å². The Morgan fingerprint density at radius 1 is 1.20 bits per heavy atom. The molecule has 0 heterocycles. The van der Waals surface area contributed by atoms with Gasteiger partial charge in [-0.15, -0.1) is 0 Å². The van der Waals surface area contributed by atoms with E-state index in [0.29, 0.717) is 18.8 Å². The van der Waals surface area contributed by atoms with Gasteiger partial charge in [0, 0.05) is 12.2 Å². The molecule has 0 bridgehead atoms. The molecule has 0 radical (unpaired) electrons. The fourth-order valence-corrected chi connectivity index (χ4v) is 2.38. The molecule has 0 saturated carbocycles. The molecular weight excluding hydrogens is 319 g/mol. The first-order chi connectivity index (χ1) is 11.9. The van der Waals surface area contributed by atoms with E-state index in [0.717, 1.165) is 11.1 Å². The highest BCUT2D eigenvalue weighted by Crippen LogP contribution is 2.22.